The number of rotatable bonds is 3. The Morgan fingerprint density at radius 3 is 2.17 bits per heavy atom. The first-order chi connectivity index (χ1) is 17.5. The number of fused-ring (bicyclic) bond motifs is 3. The maximum absolute atomic E-state index is 13.7. The van der Waals surface area contributed by atoms with E-state index in [2.05, 4.69) is 30.3 Å². The summed E-state index contributed by atoms with van der Waals surface area (Å²) in [7, 11) is 3.28. The number of hydrogen-bond donors (Lipinski definition) is 0. The molecule has 1 aliphatic rings. The summed E-state index contributed by atoms with van der Waals surface area (Å²) in [5.41, 5.74) is 6.64. The zero-order valence-electron chi connectivity index (χ0n) is 20.5. The predicted octanol–water partition coefficient (Wildman–Crippen LogP) is 4.80. The molecule has 3 heterocycles. The van der Waals surface area contributed by atoms with Gasteiger partial charge >= 0.3 is 5.69 Å². The highest BCUT2D eigenvalue weighted by atomic mass is 16.2. The molecule has 0 saturated carbocycles. The Balaban J connectivity index is 1.82. The fraction of sp³-hybridized carbons (Fsp3) is 0.167. The largest absolute Gasteiger partial charge is 0.331 e. The molecular weight excluding hydrogens is 448 g/mol. The van der Waals surface area contributed by atoms with E-state index in [1.807, 2.05) is 66.2 Å². The molecule has 0 unspecified atom stereocenters. The molecular formula is C30H26N4O2. The van der Waals surface area contributed by atoms with Gasteiger partial charge in [-0.05, 0) is 24.1 Å². The van der Waals surface area contributed by atoms with Gasteiger partial charge in [0.2, 0.25) is 0 Å². The molecule has 0 aliphatic carbocycles. The van der Waals surface area contributed by atoms with Gasteiger partial charge in [-0.15, -0.1) is 0 Å². The van der Waals surface area contributed by atoms with E-state index in [4.69, 9.17) is 5.10 Å². The Morgan fingerprint density at radius 2 is 1.47 bits per heavy atom. The monoisotopic (exact) mass is 474 g/mol. The minimum absolute atomic E-state index is 0.0855. The van der Waals surface area contributed by atoms with Gasteiger partial charge < -0.3 is 0 Å². The first-order valence-electron chi connectivity index (χ1n) is 12.0. The van der Waals surface area contributed by atoms with Gasteiger partial charge in [-0.3, -0.25) is 13.9 Å². The maximum atomic E-state index is 13.7. The van der Waals surface area contributed by atoms with Crippen LogP contribution >= 0.6 is 0 Å². The fourth-order valence-electron chi connectivity index (χ4n) is 5.38. The van der Waals surface area contributed by atoms with E-state index in [0.717, 1.165) is 33.7 Å². The smallest absolute Gasteiger partial charge is 0.294 e. The number of nitrogens with zero attached hydrogens (tertiary/aromatic N) is 4. The van der Waals surface area contributed by atoms with Gasteiger partial charge in [0, 0.05) is 32.0 Å². The molecule has 6 nitrogen and oxygen atoms in total. The van der Waals surface area contributed by atoms with E-state index in [0.29, 0.717) is 23.0 Å². The van der Waals surface area contributed by atoms with Crippen molar-refractivity contribution in [2.24, 2.45) is 19.2 Å². The number of aromatic nitrogens is 3. The van der Waals surface area contributed by atoms with E-state index in [1.54, 1.807) is 11.6 Å². The van der Waals surface area contributed by atoms with E-state index < -0.39 is 0 Å². The molecule has 6 heteroatoms. The Morgan fingerprint density at radius 1 is 0.806 bits per heavy atom. The van der Waals surface area contributed by atoms with Gasteiger partial charge in [-0.25, -0.2) is 9.47 Å². The zero-order chi connectivity index (χ0) is 25.0. The van der Waals surface area contributed by atoms with Gasteiger partial charge in [-0.2, -0.15) is 5.10 Å². The summed E-state index contributed by atoms with van der Waals surface area (Å²) >= 11 is 0. The van der Waals surface area contributed by atoms with Crippen LogP contribution in [0.15, 0.2) is 99.6 Å². The van der Waals surface area contributed by atoms with Gasteiger partial charge in [0.1, 0.15) is 0 Å². The van der Waals surface area contributed by atoms with E-state index >= 15 is 0 Å². The van der Waals surface area contributed by atoms with E-state index in [-0.39, 0.29) is 17.2 Å². The van der Waals surface area contributed by atoms with Crippen molar-refractivity contribution in [1.82, 2.24) is 13.8 Å². The van der Waals surface area contributed by atoms with Crippen molar-refractivity contribution >= 4 is 16.6 Å². The molecule has 5 aromatic rings. The van der Waals surface area contributed by atoms with Crippen molar-refractivity contribution in [3.63, 3.8) is 0 Å². The van der Waals surface area contributed by atoms with E-state index in [1.165, 1.54) is 11.6 Å². The molecule has 0 radical (unpaired) electrons. The van der Waals surface area contributed by atoms with Crippen molar-refractivity contribution in [3.8, 4) is 11.3 Å². The summed E-state index contributed by atoms with van der Waals surface area (Å²) in [4.78, 5) is 26.8. The normalized spacial score (nSPS) is 15.1. The standard InChI is InChI=1S/C30H26N4O2/c1-19-11-10-16-22(17-19)26-25-28(32(2)30(36)33(3)29(25)35)27-23(20-12-6-4-7-13-20)18-24(31-34(26)27)21-14-8-5-9-15-21/h4-17,23H,18H2,1-3H3/t23-/m1/s1. The highest BCUT2D eigenvalue weighted by Gasteiger charge is 2.34. The maximum Gasteiger partial charge on any atom is 0.331 e. The molecule has 36 heavy (non-hydrogen) atoms. The Hall–Kier alpha value is -4.45. The lowest BCUT2D eigenvalue weighted by molar-refractivity contribution is 0.680. The molecule has 0 amide bonds. The van der Waals surface area contributed by atoms with Crippen LogP contribution in [0.4, 0.5) is 0 Å². The molecule has 1 aliphatic heterocycles. The number of benzene rings is 3. The number of aryl methyl sites for hydroxylation is 2. The third kappa shape index (κ3) is 3.29. The Bertz CT molecular complexity index is 1770. The van der Waals surface area contributed by atoms with Crippen LogP contribution in [0.5, 0.6) is 0 Å². The van der Waals surface area contributed by atoms with E-state index in [9.17, 15) is 9.59 Å². The molecule has 0 saturated heterocycles. The molecule has 178 valence electrons. The highest BCUT2D eigenvalue weighted by Crippen LogP contribution is 2.42. The Kier molecular flexibility index (Phi) is 5.11. The highest BCUT2D eigenvalue weighted by molar-refractivity contribution is 6.04. The van der Waals surface area contributed by atoms with Crippen LogP contribution in [-0.2, 0) is 14.1 Å². The van der Waals surface area contributed by atoms with Gasteiger partial charge in [-0.1, -0.05) is 84.4 Å². The lowest BCUT2D eigenvalue weighted by Gasteiger charge is -2.26. The summed E-state index contributed by atoms with van der Waals surface area (Å²) in [6.45, 7) is 2.03. The SMILES string of the molecule is Cc1cccc(-c2c3c(=O)n(C)c(=O)n(C)c3c3n2N=C(c2ccccc2)C[C@@H]3c2ccccc2)c1. The fourth-order valence-corrected chi connectivity index (χ4v) is 5.38. The van der Waals surface area contributed by atoms with Gasteiger partial charge in [0.25, 0.3) is 5.56 Å². The summed E-state index contributed by atoms with van der Waals surface area (Å²) in [5.74, 6) is -0.0855. The third-order valence-corrected chi connectivity index (χ3v) is 7.13. The summed E-state index contributed by atoms with van der Waals surface area (Å²) in [6.07, 6.45) is 0.657. The van der Waals surface area contributed by atoms with Crippen LogP contribution in [0.1, 0.15) is 34.7 Å². The zero-order valence-corrected chi connectivity index (χ0v) is 20.5. The van der Waals surface area contributed by atoms with Crippen molar-refractivity contribution in [3.05, 3.63) is 128 Å². The van der Waals surface area contributed by atoms with Crippen LogP contribution in [0, 0.1) is 6.92 Å². The van der Waals surface area contributed by atoms with Crippen LogP contribution in [0.25, 0.3) is 22.2 Å². The molecule has 0 N–H and O–H groups in total. The third-order valence-electron chi connectivity index (χ3n) is 7.13. The minimum atomic E-state index is -0.346. The predicted molar refractivity (Wildman–Crippen MR) is 144 cm³/mol. The lowest BCUT2D eigenvalue weighted by atomic mass is 9.87. The average Bonchev–Trinajstić information content (AvgIpc) is 3.26. The first-order valence-corrected chi connectivity index (χ1v) is 12.0. The first kappa shape index (κ1) is 22.0. The molecule has 3 aromatic carbocycles. The van der Waals surface area contributed by atoms with Crippen LogP contribution < -0.4 is 11.2 Å². The quantitative estimate of drug-likeness (QED) is 0.377. The van der Waals surface area contributed by atoms with Crippen molar-refractivity contribution < 1.29 is 0 Å². The minimum Gasteiger partial charge on any atom is -0.294 e. The second kappa shape index (κ2) is 8.34. The molecule has 0 spiro atoms. The Labute approximate surface area is 208 Å². The summed E-state index contributed by atoms with van der Waals surface area (Å²) in [5, 5.41) is 5.66. The van der Waals surface area contributed by atoms with Gasteiger partial charge in [0.05, 0.1) is 28.0 Å². The van der Waals surface area contributed by atoms with Crippen molar-refractivity contribution in [2.75, 3.05) is 0 Å². The van der Waals surface area contributed by atoms with Crippen LogP contribution in [0.2, 0.25) is 0 Å². The molecule has 1 atom stereocenters. The van der Waals surface area contributed by atoms with Crippen molar-refractivity contribution in [2.45, 2.75) is 19.3 Å². The van der Waals surface area contributed by atoms with Crippen LogP contribution in [0.3, 0.4) is 0 Å². The van der Waals surface area contributed by atoms with Crippen LogP contribution in [-0.4, -0.2) is 19.5 Å². The topological polar surface area (TPSA) is 61.3 Å². The molecule has 0 bridgehead atoms. The van der Waals surface area contributed by atoms with Crippen molar-refractivity contribution in [1.29, 1.82) is 0 Å². The van der Waals surface area contributed by atoms with Gasteiger partial charge in [0.15, 0.2) is 0 Å². The average molecular weight is 475 g/mol. The molecule has 6 rings (SSSR count). The second-order valence-electron chi connectivity index (χ2n) is 9.42. The number of hydrogen-bond acceptors (Lipinski definition) is 3. The summed E-state index contributed by atoms with van der Waals surface area (Å²) in [6, 6.07) is 28.5. The lowest BCUT2D eigenvalue weighted by Crippen LogP contribution is -2.37. The molecule has 2 aromatic heterocycles. The molecule has 0 fully saturated rings. The summed E-state index contributed by atoms with van der Waals surface area (Å²) < 4.78 is 4.71. The second-order valence-corrected chi connectivity index (χ2v) is 9.42.